The fourth-order valence-electron chi connectivity index (χ4n) is 2.88. The minimum absolute atomic E-state index is 0.352. The van der Waals surface area contributed by atoms with E-state index in [-0.39, 0.29) is 0 Å². The van der Waals surface area contributed by atoms with Gasteiger partial charge in [-0.05, 0) is 50.9 Å². The third-order valence-corrected chi connectivity index (χ3v) is 4.78. The highest BCUT2D eigenvalue weighted by Crippen LogP contribution is 2.27. The van der Waals surface area contributed by atoms with Gasteiger partial charge in [0.25, 0.3) is 0 Å². The molecule has 1 aliphatic rings. The fourth-order valence-corrected chi connectivity index (χ4v) is 3.17. The van der Waals surface area contributed by atoms with E-state index in [0.717, 1.165) is 24.0 Å². The van der Waals surface area contributed by atoms with Gasteiger partial charge in [-0.1, -0.05) is 36.7 Å². The second-order valence-corrected chi connectivity index (χ2v) is 6.22. The molecule has 0 amide bonds. The number of benzene rings is 1. The number of nitrogens with zero attached hydrogens (tertiary/aromatic N) is 1. The highest BCUT2D eigenvalue weighted by atomic mass is 35.5. The normalized spacial score (nSPS) is 25.5. The number of hydrogen-bond acceptors (Lipinski definition) is 2. The summed E-state index contributed by atoms with van der Waals surface area (Å²) in [5, 5.41) is 4.51. The summed E-state index contributed by atoms with van der Waals surface area (Å²) in [4.78, 5) is 2.40. The van der Waals surface area contributed by atoms with Gasteiger partial charge in [-0.25, -0.2) is 0 Å². The number of rotatable bonds is 4. The molecule has 2 rings (SSSR count). The third-order valence-electron chi connectivity index (χ3n) is 4.43. The van der Waals surface area contributed by atoms with Crippen LogP contribution in [0.5, 0.6) is 0 Å². The fraction of sp³-hybridized carbons (Fsp3) is 0.625. The summed E-state index contributed by atoms with van der Waals surface area (Å²) in [6, 6.07) is 9.11. The molecule has 1 aliphatic heterocycles. The van der Waals surface area contributed by atoms with Crippen molar-refractivity contribution in [2.45, 2.75) is 38.8 Å². The van der Waals surface area contributed by atoms with Gasteiger partial charge in [0.1, 0.15) is 0 Å². The maximum atomic E-state index is 6.29. The lowest BCUT2D eigenvalue weighted by atomic mass is 9.92. The van der Waals surface area contributed by atoms with Crippen LogP contribution in [-0.4, -0.2) is 31.1 Å². The SMILES string of the molecule is CC1CCCNC1CN(C)C(C)c1ccccc1Cl. The maximum absolute atomic E-state index is 6.29. The van der Waals surface area contributed by atoms with Gasteiger partial charge in [-0.3, -0.25) is 4.90 Å². The Kier molecular flexibility index (Phi) is 5.26. The molecule has 0 bridgehead atoms. The first-order valence-corrected chi connectivity index (χ1v) is 7.65. The van der Waals surface area contributed by atoms with E-state index in [0.29, 0.717) is 12.1 Å². The van der Waals surface area contributed by atoms with Crippen LogP contribution in [0.1, 0.15) is 38.3 Å². The van der Waals surface area contributed by atoms with Crippen LogP contribution in [-0.2, 0) is 0 Å². The summed E-state index contributed by atoms with van der Waals surface area (Å²) < 4.78 is 0. The Morgan fingerprint density at radius 2 is 2.16 bits per heavy atom. The molecule has 0 saturated carbocycles. The van der Waals surface area contributed by atoms with Crippen molar-refractivity contribution in [3.63, 3.8) is 0 Å². The molecular weight excluding hydrogens is 256 g/mol. The van der Waals surface area contributed by atoms with Crippen molar-refractivity contribution in [1.29, 1.82) is 0 Å². The molecule has 0 aromatic heterocycles. The predicted molar refractivity (Wildman–Crippen MR) is 82.7 cm³/mol. The average Bonchev–Trinajstić information content (AvgIpc) is 2.41. The van der Waals surface area contributed by atoms with Gasteiger partial charge in [0.2, 0.25) is 0 Å². The van der Waals surface area contributed by atoms with E-state index in [9.17, 15) is 0 Å². The third kappa shape index (κ3) is 3.71. The highest BCUT2D eigenvalue weighted by molar-refractivity contribution is 6.31. The largest absolute Gasteiger partial charge is 0.312 e. The number of halogens is 1. The van der Waals surface area contributed by atoms with Crippen LogP contribution >= 0.6 is 11.6 Å². The predicted octanol–water partition coefficient (Wildman–Crippen LogP) is 3.72. The second kappa shape index (κ2) is 6.74. The van der Waals surface area contributed by atoms with Crippen LogP contribution in [0, 0.1) is 5.92 Å². The Balaban J connectivity index is 1.99. The molecule has 3 unspecified atom stereocenters. The number of hydrogen-bond donors (Lipinski definition) is 1. The second-order valence-electron chi connectivity index (χ2n) is 5.82. The molecule has 1 fully saturated rings. The Hall–Kier alpha value is -0.570. The Morgan fingerprint density at radius 1 is 1.42 bits per heavy atom. The van der Waals surface area contributed by atoms with Crippen molar-refractivity contribution < 1.29 is 0 Å². The highest BCUT2D eigenvalue weighted by Gasteiger charge is 2.24. The summed E-state index contributed by atoms with van der Waals surface area (Å²) in [5.41, 5.74) is 1.22. The van der Waals surface area contributed by atoms with Crippen LogP contribution in [0.25, 0.3) is 0 Å². The van der Waals surface area contributed by atoms with Crippen LogP contribution in [0.2, 0.25) is 5.02 Å². The monoisotopic (exact) mass is 280 g/mol. The lowest BCUT2D eigenvalue weighted by Gasteiger charge is -2.35. The Bertz CT molecular complexity index is 407. The Labute approximate surface area is 122 Å². The molecule has 1 heterocycles. The topological polar surface area (TPSA) is 15.3 Å². The number of nitrogens with one attached hydrogen (secondary N) is 1. The van der Waals surface area contributed by atoms with Gasteiger partial charge in [-0.15, -0.1) is 0 Å². The van der Waals surface area contributed by atoms with Gasteiger partial charge in [-0.2, -0.15) is 0 Å². The molecule has 0 spiro atoms. The van der Waals surface area contributed by atoms with E-state index in [4.69, 9.17) is 11.6 Å². The van der Waals surface area contributed by atoms with Gasteiger partial charge in [0.15, 0.2) is 0 Å². The van der Waals surface area contributed by atoms with E-state index in [2.05, 4.69) is 43.2 Å². The molecule has 1 aromatic carbocycles. The van der Waals surface area contributed by atoms with E-state index in [1.807, 2.05) is 12.1 Å². The minimum atomic E-state index is 0.352. The number of likely N-dealkylation sites (N-methyl/N-ethyl adjacent to an activating group) is 1. The van der Waals surface area contributed by atoms with Crippen molar-refractivity contribution in [3.8, 4) is 0 Å². The van der Waals surface area contributed by atoms with Crippen LogP contribution in [0.15, 0.2) is 24.3 Å². The molecule has 106 valence electrons. The molecule has 1 saturated heterocycles. The lowest BCUT2D eigenvalue weighted by Crippen LogP contribution is -2.47. The summed E-state index contributed by atoms with van der Waals surface area (Å²) in [6.45, 7) is 6.82. The molecule has 1 aromatic rings. The maximum Gasteiger partial charge on any atom is 0.0453 e. The summed E-state index contributed by atoms with van der Waals surface area (Å²) in [5.74, 6) is 0.759. The molecule has 3 heteroatoms. The zero-order chi connectivity index (χ0) is 13.8. The quantitative estimate of drug-likeness (QED) is 0.904. The zero-order valence-electron chi connectivity index (χ0n) is 12.2. The summed E-state index contributed by atoms with van der Waals surface area (Å²) in [7, 11) is 2.19. The van der Waals surface area contributed by atoms with Crippen molar-refractivity contribution in [2.75, 3.05) is 20.1 Å². The van der Waals surface area contributed by atoms with E-state index >= 15 is 0 Å². The number of piperidine rings is 1. The van der Waals surface area contributed by atoms with E-state index in [1.165, 1.54) is 18.4 Å². The van der Waals surface area contributed by atoms with Crippen LogP contribution in [0.4, 0.5) is 0 Å². The van der Waals surface area contributed by atoms with Crippen molar-refractivity contribution in [3.05, 3.63) is 34.9 Å². The first-order valence-electron chi connectivity index (χ1n) is 7.27. The van der Waals surface area contributed by atoms with Gasteiger partial charge in [0.05, 0.1) is 0 Å². The molecule has 2 nitrogen and oxygen atoms in total. The van der Waals surface area contributed by atoms with Crippen molar-refractivity contribution >= 4 is 11.6 Å². The Morgan fingerprint density at radius 3 is 2.84 bits per heavy atom. The molecule has 19 heavy (non-hydrogen) atoms. The summed E-state index contributed by atoms with van der Waals surface area (Å²) >= 11 is 6.29. The smallest absolute Gasteiger partial charge is 0.0453 e. The summed E-state index contributed by atoms with van der Waals surface area (Å²) in [6.07, 6.45) is 2.65. The van der Waals surface area contributed by atoms with Crippen molar-refractivity contribution in [2.24, 2.45) is 5.92 Å². The van der Waals surface area contributed by atoms with Gasteiger partial charge in [0, 0.05) is 23.7 Å². The minimum Gasteiger partial charge on any atom is -0.312 e. The zero-order valence-corrected chi connectivity index (χ0v) is 13.0. The van der Waals surface area contributed by atoms with Gasteiger partial charge < -0.3 is 5.32 Å². The molecular formula is C16H25ClN2. The van der Waals surface area contributed by atoms with E-state index < -0.39 is 0 Å². The first-order chi connectivity index (χ1) is 9.09. The molecule has 0 radical (unpaired) electrons. The van der Waals surface area contributed by atoms with Gasteiger partial charge >= 0.3 is 0 Å². The average molecular weight is 281 g/mol. The van der Waals surface area contributed by atoms with E-state index in [1.54, 1.807) is 0 Å². The first kappa shape index (κ1) is 14.8. The van der Waals surface area contributed by atoms with Crippen LogP contribution in [0.3, 0.4) is 0 Å². The molecule has 0 aliphatic carbocycles. The lowest BCUT2D eigenvalue weighted by molar-refractivity contribution is 0.183. The molecule has 3 atom stereocenters. The van der Waals surface area contributed by atoms with Crippen molar-refractivity contribution in [1.82, 2.24) is 10.2 Å². The standard InChI is InChI=1S/C16H25ClN2/c1-12-7-6-10-18-16(12)11-19(3)13(2)14-8-4-5-9-15(14)17/h4-5,8-9,12-13,16,18H,6-7,10-11H2,1-3H3. The molecule has 1 N–H and O–H groups in total. The van der Waals surface area contributed by atoms with Crippen LogP contribution < -0.4 is 5.32 Å².